The van der Waals surface area contributed by atoms with Gasteiger partial charge in [0.25, 0.3) is 6.43 Å². The van der Waals surface area contributed by atoms with Crippen LogP contribution >= 0.6 is 27.3 Å². The minimum absolute atomic E-state index is 0.0127. The van der Waals surface area contributed by atoms with Crippen molar-refractivity contribution in [2.45, 2.75) is 6.43 Å². The molecule has 0 aliphatic heterocycles. The molecular formula is C9H6BrF2NS. The quantitative estimate of drug-likeness (QED) is 0.778. The molecule has 1 nitrogen and oxygen atoms in total. The van der Waals surface area contributed by atoms with Crippen LogP contribution in [0.2, 0.25) is 0 Å². The summed E-state index contributed by atoms with van der Waals surface area (Å²) in [5, 5.41) is 2.36. The molecule has 5 heteroatoms. The number of anilines is 1. The molecular weight excluding hydrogens is 272 g/mol. The van der Waals surface area contributed by atoms with Gasteiger partial charge in [-0.25, -0.2) is 8.78 Å². The largest absolute Gasteiger partial charge is 0.398 e. The van der Waals surface area contributed by atoms with Crippen LogP contribution < -0.4 is 5.73 Å². The molecule has 2 aromatic rings. The van der Waals surface area contributed by atoms with Crippen molar-refractivity contribution in [1.82, 2.24) is 0 Å². The highest BCUT2D eigenvalue weighted by Crippen LogP contribution is 2.39. The van der Waals surface area contributed by atoms with Crippen molar-refractivity contribution in [2.24, 2.45) is 0 Å². The minimum atomic E-state index is -2.51. The smallest absolute Gasteiger partial charge is 0.265 e. The molecule has 2 rings (SSSR count). The third kappa shape index (κ3) is 1.40. The van der Waals surface area contributed by atoms with Gasteiger partial charge in [-0.15, -0.1) is 11.3 Å². The van der Waals surface area contributed by atoms with Crippen LogP contribution in [-0.4, -0.2) is 0 Å². The summed E-state index contributed by atoms with van der Waals surface area (Å²) in [5.41, 5.74) is 5.95. The van der Waals surface area contributed by atoms with Crippen molar-refractivity contribution < 1.29 is 8.78 Å². The van der Waals surface area contributed by atoms with E-state index >= 15 is 0 Å². The lowest BCUT2D eigenvalue weighted by Gasteiger charge is -2.07. The summed E-state index contributed by atoms with van der Waals surface area (Å²) in [4.78, 5) is 0. The van der Waals surface area contributed by atoms with Gasteiger partial charge in [-0.1, -0.05) is 0 Å². The molecule has 0 fully saturated rings. The van der Waals surface area contributed by atoms with Crippen molar-refractivity contribution in [3.8, 4) is 0 Å². The summed E-state index contributed by atoms with van der Waals surface area (Å²) in [7, 11) is 0. The Kier molecular flexibility index (Phi) is 2.45. The Morgan fingerprint density at radius 1 is 1.43 bits per heavy atom. The summed E-state index contributed by atoms with van der Waals surface area (Å²) in [6.45, 7) is 0. The molecule has 0 amide bonds. The van der Waals surface area contributed by atoms with Gasteiger partial charge in [-0.3, -0.25) is 0 Å². The Morgan fingerprint density at radius 2 is 2.14 bits per heavy atom. The Labute approximate surface area is 91.7 Å². The average molecular weight is 278 g/mol. The van der Waals surface area contributed by atoms with Crippen molar-refractivity contribution in [2.75, 3.05) is 5.73 Å². The Morgan fingerprint density at radius 3 is 2.79 bits per heavy atom. The van der Waals surface area contributed by atoms with Crippen molar-refractivity contribution >= 4 is 43.0 Å². The molecule has 0 saturated carbocycles. The number of fused-ring (bicyclic) bond motifs is 1. The molecule has 0 radical (unpaired) electrons. The van der Waals surface area contributed by atoms with Crippen LogP contribution in [0.4, 0.5) is 14.5 Å². The maximum absolute atomic E-state index is 12.7. The van der Waals surface area contributed by atoms with Gasteiger partial charge in [0.15, 0.2) is 0 Å². The van der Waals surface area contributed by atoms with Crippen molar-refractivity contribution in [1.29, 1.82) is 0 Å². The second-order valence-electron chi connectivity index (χ2n) is 2.83. The Balaban J connectivity index is 2.86. The lowest BCUT2D eigenvalue weighted by Crippen LogP contribution is -1.93. The third-order valence-electron chi connectivity index (χ3n) is 1.98. The normalized spacial score (nSPS) is 11.4. The number of nitrogens with two attached hydrogens (primary N) is 1. The highest BCUT2D eigenvalue weighted by Gasteiger charge is 2.18. The molecule has 1 aromatic carbocycles. The fourth-order valence-electron chi connectivity index (χ4n) is 1.35. The van der Waals surface area contributed by atoms with E-state index in [4.69, 9.17) is 5.73 Å². The first-order valence-electron chi connectivity index (χ1n) is 3.84. The van der Waals surface area contributed by atoms with Gasteiger partial charge in [-0.2, -0.15) is 0 Å². The fraction of sp³-hybridized carbons (Fsp3) is 0.111. The van der Waals surface area contributed by atoms with Gasteiger partial charge < -0.3 is 5.73 Å². The van der Waals surface area contributed by atoms with E-state index in [9.17, 15) is 8.78 Å². The molecule has 2 N–H and O–H groups in total. The summed E-state index contributed by atoms with van der Waals surface area (Å²) in [6, 6.07) is 3.39. The van der Waals surface area contributed by atoms with Crippen LogP contribution in [0.1, 0.15) is 12.0 Å². The first-order chi connectivity index (χ1) is 6.61. The highest BCUT2D eigenvalue weighted by atomic mass is 79.9. The van der Waals surface area contributed by atoms with E-state index in [-0.39, 0.29) is 5.56 Å². The lowest BCUT2D eigenvalue weighted by atomic mass is 10.1. The van der Waals surface area contributed by atoms with Crippen LogP contribution in [0.25, 0.3) is 10.1 Å². The first-order valence-corrected chi connectivity index (χ1v) is 5.51. The molecule has 0 aliphatic carbocycles. The molecule has 0 bridgehead atoms. The van der Waals surface area contributed by atoms with Gasteiger partial charge in [0.05, 0.1) is 4.47 Å². The average Bonchev–Trinajstić information content (AvgIpc) is 2.52. The van der Waals surface area contributed by atoms with E-state index in [2.05, 4.69) is 15.9 Å². The standard InChI is InChI=1S/C9H6BrF2NS/c10-8-5(13)3-6-4(1-2-14-6)7(8)9(11)12/h1-3,9H,13H2. The molecule has 14 heavy (non-hydrogen) atoms. The molecule has 0 spiro atoms. The SMILES string of the molecule is Nc1cc2sccc2c(C(F)F)c1Br. The minimum Gasteiger partial charge on any atom is -0.398 e. The van der Waals surface area contributed by atoms with E-state index in [1.165, 1.54) is 11.3 Å². The lowest BCUT2D eigenvalue weighted by molar-refractivity contribution is 0.152. The zero-order valence-electron chi connectivity index (χ0n) is 6.93. The van der Waals surface area contributed by atoms with Gasteiger partial charge in [-0.05, 0) is 33.4 Å². The first kappa shape index (κ1) is 9.86. The Hall–Kier alpha value is -0.680. The second-order valence-corrected chi connectivity index (χ2v) is 4.57. The molecule has 74 valence electrons. The number of alkyl halides is 2. The van der Waals surface area contributed by atoms with Crippen LogP contribution in [0.3, 0.4) is 0 Å². The number of hydrogen-bond acceptors (Lipinski definition) is 2. The molecule has 1 aromatic heterocycles. The highest BCUT2D eigenvalue weighted by molar-refractivity contribution is 9.10. The zero-order valence-corrected chi connectivity index (χ0v) is 9.33. The van der Waals surface area contributed by atoms with Gasteiger partial charge in [0, 0.05) is 21.3 Å². The van der Waals surface area contributed by atoms with Crippen LogP contribution in [0.5, 0.6) is 0 Å². The fourth-order valence-corrected chi connectivity index (χ4v) is 2.70. The summed E-state index contributed by atoms with van der Waals surface area (Å²) in [5.74, 6) is 0. The summed E-state index contributed by atoms with van der Waals surface area (Å²) < 4.78 is 26.6. The maximum Gasteiger partial charge on any atom is 0.265 e. The molecule has 0 atom stereocenters. The second kappa shape index (κ2) is 3.47. The van der Waals surface area contributed by atoms with E-state index in [1.807, 2.05) is 0 Å². The molecule has 0 aliphatic rings. The van der Waals surface area contributed by atoms with Crippen LogP contribution in [0, 0.1) is 0 Å². The van der Waals surface area contributed by atoms with E-state index in [0.29, 0.717) is 15.5 Å². The Bertz CT molecular complexity index is 481. The number of thiophene rings is 1. The molecule has 0 unspecified atom stereocenters. The van der Waals surface area contributed by atoms with Gasteiger partial charge in [0.1, 0.15) is 0 Å². The predicted molar refractivity (Wildman–Crippen MR) is 58.9 cm³/mol. The molecule has 0 saturated heterocycles. The summed E-state index contributed by atoms with van der Waals surface area (Å²) in [6.07, 6.45) is -2.51. The zero-order chi connectivity index (χ0) is 10.3. The number of rotatable bonds is 1. The number of nitrogen functional groups attached to an aromatic ring is 1. The predicted octanol–water partition coefficient (Wildman–Crippen LogP) is 4.18. The summed E-state index contributed by atoms with van der Waals surface area (Å²) >= 11 is 4.49. The van der Waals surface area contributed by atoms with Gasteiger partial charge in [0.2, 0.25) is 0 Å². The maximum atomic E-state index is 12.7. The van der Waals surface area contributed by atoms with Crippen LogP contribution in [-0.2, 0) is 0 Å². The number of hydrogen-bond donors (Lipinski definition) is 1. The van der Waals surface area contributed by atoms with Crippen molar-refractivity contribution in [3.63, 3.8) is 0 Å². The van der Waals surface area contributed by atoms with Gasteiger partial charge >= 0.3 is 0 Å². The molecule has 1 heterocycles. The third-order valence-corrected chi connectivity index (χ3v) is 3.73. The topological polar surface area (TPSA) is 26.0 Å². The van der Waals surface area contributed by atoms with Crippen LogP contribution in [0.15, 0.2) is 22.0 Å². The number of benzene rings is 1. The van der Waals surface area contributed by atoms with Crippen molar-refractivity contribution in [3.05, 3.63) is 27.5 Å². The van der Waals surface area contributed by atoms with E-state index in [0.717, 1.165) is 4.70 Å². The van der Waals surface area contributed by atoms with E-state index < -0.39 is 6.43 Å². The monoisotopic (exact) mass is 277 g/mol. The van der Waals surface area contributed by atoms with E-state index in [1.54, 1.807) is 17.5 Å². The number of halogens is 3.